The predicted molar refractivity (Wildman–Crippen MR) is 261 cm³/mol. The Morgan fingerprint density at radius 2 is 0.672 bits per heavy atom. The molecule has 4 heterocycles. The van der Waals surface area contributed by atoms with E-state index in [1.165, 1.54) is 0 Å². The fraction of sp³-hybridized carbons (Fsp3) is 0. The third-order valence-corrected chi connectivity index (χ3v) is 12.4. The zero-order valence-electron chi connectivity index (χ0n) is 34.1. The summed E-state index contributed by atoms with van der Waals surface area (Å²) in [6.07, 6.45) is 0. The van der Waals surface area contributed by atoms with Gasteiger partial charge >= 0.3 is 0 Å². The number of nitriles is 1. The van der Waals surface area contributed by atoms with E-state index in [0.717, 1.165) is 87.4 Å². The van der Waals surface area contributed by atoms with Crippen molar-refractivity contribution in [3.63, 3.8) is 0 Å². The van der Waals surface area contributed by atoms with Gasteiger partial charge in [0.15, 0.2) is 11.2 Å². The van der Waals surface area contributed by atoms with Crippen molar-refractivity contribution in [2.45, 2.75) is 0 Å². The zero-order chi connectivity index (χ0) is 42.3. The second-order valence-electron chi connectivity index (χ2n) is 16.2. The number of furan rings is 2. The Labute approximate surface area is 365 Å². The molecule has 9 aromatic carbocycles. The fourth-order valence-electron chi connectivity index (χ4n) is 9.32. The van der Waals surface area contributed by atoms with Crippen LogP contribution in [0.3, 0.4) is 0 Å². The number of fused-ring (bicyclic) bond motifs is 10. The molecule has 0 aliphatic carbocycles. The fourth-order valence-corrected chi connectivity index (χ4v) is 9.32. The second kappa shape index (κ2) is 14.0. The smallest absolute Gasteiger partial charge is 0.229 e. The van der Waals surface area contributed by atoms with Crippen molar-refractivity contribution >= 4 is 122 Å². The molecule has 0 atom stereocenters. The summed E-state index contributed by atoms with van der Waals surface area (Å²) < 4.78 is 13.2. The van der Waals surface area contributed by atoms with Crippen LogP contribution in [-0.2, 0) is 0 Å². The molecule has 0 N–H and O–H groups in total. The van der Waals surface area contributed by atoms with Crippen LogP contribution in [0, 0.1) is 11.3 Å². The molecule has 13 rings (SSSR count). The molecule has 7 heteroatoms. The van der Waals surface area contributed by atoms with Gasteiger partial charge in [0.25, 0.3) is 0 Å². The molecule has 0 fully saturated rings. The molecule has 298 valence electrons. The van der Waals surface area contributed by atoms with Crippen molar-refractivity contribution in [3.8, 4) is 6.07 Å². The van der Waals surface area contributed by atoms with Gasteiger partial charge < -0.3 is 8.83 Å². The van der Waals surface area contributed by atoms with E-state index in [4.69, 9.17) is 18.8 Å². The van der Waals surface area contributed by atoms with Crippen LogP contribution in [0.1, 0.15) is 5.56 Å². The SMILES string of the molecule is N#Cc1c2oc3nc(N(c4ccc5ccccc5c4)c4ccc5ccccc5c4)ccc3c2cc2c1oc1nc(N(c3ccc4ccccc4c3)c3ccc4ccccc4c3)ccc12. The molecule has 0 saturated carbocycles. The molecule has 64 heavy (non-hydrogen) atoms. The zero-order valence-corrected chi connectivity index (χ0v) is 34.1. The van der Waals surface area contributed by atoms with E-state index in [9.17, 15) is 5.26 Å². The highest BCUT2D eigenvalue weighted by molar-refractivity contribution is 6.17. The van der Waals surface area contributed by atoms with Gasteiger partial charge in [0.2, 0.25) is 11.4 Å². The number of benzene rings is 9. The Hall–Kier alpha value is -8.99. The molecule has 0 radical (unpaired) electrons. The van der Waals surface area contributed by atoms with Crippen LogP contribution in [0.15, 0.2) is 209 Å². The number of hydrogen-bond donors (Lipinski definition) is 0. The van der Waals surface area contributed by atoms with Crippen molar-refractivity contribution in [1.29, 1.82) is 5.26 Å². The highest BCUT2D eigenvalue weighted by Gasteiger charge is 2.24. The minimum Gasteiger partial charge on any atom is -0.436 e. The normalized spacial score (nSPS) is 11.7. The first kappa shape index (κ1) is 35.7. The highest BCUT2D eigenvalue weighted by atomic mass is 16.4. The second-order valence-corrected chi connectivity index (χ2v) is 16.2. The number of nitrogens with zero attached hydrogens (tertiary/aromatic N) is 5. The Morgan fingerprint density at radius 1 is 0.344 bits per heavy atom. The summed E-state index contributed by atoms with van der Waals surface area (Å²) in [5, 5.41) is 23.1. The van der Waals surface area contributed by atoms with Crippen molar-refractivity contribution in [3.05, 3.63) is 206 Å². The maximum atomic E-state index is 10.8. The minimum absolute atomic E-state index is 0.299. The summed E-state index contributed by atoms with van der Waals surface area (Å²) >= 11 is 0. The standard InChI is InChI=1S/C57H33N5O2/c58-34-51-54-49(47-25-27-52(59-56(47)63-54)61(43-21-17-35-9-1-5-13-39(35)29-43)44-22-18-36-10-2-6-14-40(36)30-44)33-50-48-26-28-53(60-57(48)64-55(50)51)62(45-23-19-37-11-3-7-15-41(37)31-45)46-24-20-38-12-4-8-16-42(38)32-46/h1-33H. The average Bonchev–Trinajstić information content (AvgIpc) is 3.90. The lowest BCUT2D eigenvalue weighted by atomic mass is 10.0. The van der Waals surface area contributed by atoms with Gasteiger partial charge in [-0.3, -0.25) is 9.80 Å². The lowest BCUT2D eigenvalue weighted by Crippen LogP contribution is -2.11. The van der Waals surface area contributed by atoms with Crippen molar-refractivity contribution in [1.82, 2.24) is 9.97 Å². The molecule has 0 saturated heterocycles. The van der Waals surface area contributed by atoms with Crippen LogP contribution < -0.4 is 9.80 Å². The van der Waals surface area contributed by atoms with E-state index in [0.29, 0.717) is 39.8 Å². The van der Waals surface area contributed by atoms with Gasteiger partial charge in [-0.05, 0) is 122 Å². The molecule has 7 nitrogen and oxygen atoms in total. The van der Waals surface area contributed by atoms with Crippen LogP contribution in [0.25, 0.3) is 87.2 Å². The summed E-state index contributed by atoms with van der Waals surface area (Å²) in [5.74, 6) is 1.37. The molecule has 0 aliphatic rings. The predicted octanol–water partition coefficient (Wildman–Crippen LogP) is 15.7. The van der Waals surface area contributed by atoms with Gasteiger partial charge in [-0.2, -0.15) is 15.2 Å². The maximum absolute atomic E-state index is 10.8. The summed E-state index contributed by atoms with van der Waals surface area (Å²) in [7, 11) is 0. The van der Waals surface area contributed by atoms with E-state index < -0.39 is 0 Å². The molecular formula is C57H33N5O2. The monoisotopic (exact) mass is 819 g/mol. The molecule has 0 amide bonds. The van der Waals surface area contributed by atoms with E-state index in [2.05, 4.69) is 186 Å². The Bertz CT molecular complexity index is 3670. The third kappa shape index (κ3) is 5.67. The highest BCUT2D eigenvalue weighted by Crippen LogP contribution is 2.44. The largest absolute Gasteiger partial charge is 0.436 e. The van der Waals surface area contributed by atoms with Crippen molar-refractivity contribution < 1.29 is 8.83 Å². The number of pyridine rings is 2. The molecule has 0 bridgehead atoms. The van der Waals surface area contributed by atoms with Crippen molar-refractivity contribution in [2.75, 3.05) is 9.80 Å². The van der Waals surface area contributed by atoms with Crippen LogP contribution in [0.5, 0.6) is 0 Å². The Balaban J connectivity index is 0.957. The molecule has 4 aromatic heterocycles. The van der Waals surface area contributed by atoms with E-state index >= 15 is 0 Å². The van der Waals surface area contributed by atoms with Crippen LogP contribution in [0.2, 0.25) is 0 Å². The van der Waals surface area contributed by atoms with Gasteiger partial charge in [-0.15, -0.1) is 0 Å². The molecule has 0 unspecified atom stereocenters. The van der Waals surface area contributed by atoms with E-state index in [1.807, 2.05) is 30.3 Å². The van der Waals surface area contributed by atoms with Gasteiger partial charge in [0.1, 0.15) is 23.3 Å². The summed E-state index contributed by atoms with van der Waals surface area (Å²) in [5.41, 5.74) is 5.85. The van der Waals surface area contributed by atoms with Gasteiger partial charge in [-0.1, -0.05) is 121 Å². The lowest BCUT2D eigenvalue weighted by Gasteiger charge is -2.25. The van der Waals surface area contributed by atoms with Gasteiger partial charge in [0.05, 0.1) is 0 Å². The first-order chi connectivity index (χ1) is 31.6. The Morgan fingerprint density at radius 3 is 1.00 bits per heavy atom. The van der Waals surface area contributed by atoms with Crippen LogP contribution in [0.4, 0.5) is 34.4 Å². The van der Waals surface area contributed by atoms with Crippen LogP contribution in [-0.4, -0.2) is 9.97 Å². The summed E-state index contributed by atoms with van der Waals surface area (Å²) in [6.45, 7) is 0. The first-order valence-corrected chi connectivity index (χ1v) is 21.2. The lowest BCUT2D eigenvalue weighted by molar-refractivity contribution is 0.640. The first-order valence-electron chi connectivity index (χ1n) is 21.2. The average molecular weight is 820 g/mol. The third-order valence-electron chi connectivity index (χ3n) is 12.4. The maximum Gasteiger partial charge on any atom is 0.229 e. The minimum atomic E-state index is 0.299. The molecule has 0 spiro atoms. The molecule has 0 aliphatic heterocycles. The quantitative estimate of drug-likeness (QED) is 0.165. The number of hydrogen-bond acceptors (Lipinski definition) is 7. The summed E-state index contributed by atoms with van der Waals surface area (Å²) in [4.78, 5) is 14.6. The number of anilines is 6. The molecular weight excluding hydrogens is 787 g/mol. The Kier molecular flexibility index (Phi) is 7.83. The van der Waals surface area contributed by atoms with Gasteiger partial charge in [0, 0.05) is 44.3 Å². The number of aromatic nitrogens is 2. The molecule has 13 aromatic rings. The van der Waals surface area contributed by atoms with Crippen LogP contribution >= 0.6 is 0 Å². The van der Waals surface area contributed by atoms with Gasteiger partial charge in [-0.25, -0.2) is 0 Å². The topological polar surface area (TPSA) is 82.3 Å². The van der Waals surface area contributed by atoms with E-state index in [1.54, 1.807) is 0 Å². The number of rotatable bonds is 6. The van der Waals surface area contributed by atoms with E-state index in [-0.39, 0.29) is 0 Å². The van der Waals surface area contributed by atoms with Crippen molar-refractivity contribution in [2.24, 2.45) is 0 Å². The summed E-state index contributed by atoms with van der Waals surface area (Å²) in [6, 6.07) is 71.8.